The van der Waals surface area contributed by atoms with Crippen LogP contribution in [-0.4, -0.2) is 57.1 Å². The van der Waals surface area contributed by atoms with Crippen molar-refractivity contribution in [2.24, 2.45) is 0 Å². The van der Waals surface area contributed by atoms with Gasteiger partial charge in [0.2, 0.25) is 5.91 Å². The molecule has 1 aromatic heterocycles. The Kier molecular flexibility index (Phi) is 7.40. The molecular weight excluding hydrogens is 507 g/mol. The molecule has 2 atom stereocenters. The Morgan fingerprint density at radius 2 is 2.00 bits per heavy atom. The number of nitrogens with one attached hydrogen (secondary N) is 1. The van der Waals surface area contributed by atoms with Crippen molar-refractivity contribution in [2.75, 3.05) is 13.1 Å². The van der Waals surface area contributed by atoms with Gasteiger partial charge in [-0.05, 0) is 51.8 Å². The van der Waals surface area contributed by atoms with Gasteiger partial charge in [0.1, 0.15) is 17.8 Å². The summed E-state index contributed by atoms with van der Waals surface area (Å²) < 4.78 is 22.3. The second-order valence-corrected chi connectivity index (χ2v) is 11.4. The number of likely N-dealkylation sites (tertiary alicyclic amines) is 1. The first-order valence-corrected chi connectivity index (χ1v) is 12.1. The maximum atomic E-state index is 15.0. The van der Waals surface area contributed by atoms with E-state index in [-0.39, 0.29) is 37.5 Å². The summed E-state index contributed by atoms with van der Waals surface area (Å²) in [7, 11) is 0. The fraction of sp³-hybridized carbons (Fsp3) is 0.583. The number of carbonyl (C=O) groups is 2. The first-order chi connectivity index (χ1) is 15.6. The van der Waals surface area contributed by atoms with E-state index >= 15 is 0 Å². The second-order valence-electron chi connectivity index (χ2n) is 10.4. The summed E-state index contributed by atoms with van der Waals surface area (Å²) in [6, 6.07) is 4.70. The Labute approximate surface area is 207 Å². The van der Waals surface area contributed by atoms with Gasteiger partial charge < -0.3 is 15.0 Å². The van der Waals surface area contributed by atoms with Gasteiger partial charge in [0.15, 0.2) is 0 Å². The highest BCUT2D eigenvalue weighted by atomic mass is 79.9. The highest BCUT2D eigenvalue weighted by Crippen LogP contribution is 2.27. The molecule has 10 heteroatoms. The molecule has 186 valence electrons. The summed E-state index contributed by atoms with van der Waals surface area (Å²) in [4.78, 5) is 39.6. The zero-order chi connectivity index (χ0) is 25.4. The van der Waals surface area contributed by atoms with E-state index in [4.69, 9.17) is 4.74 Å². The topological polar surface area (TPSA) is 93.5 Å². The predicted molar refractivity (Wildman–Crippen MR) is 132 cm³/mol. The van der Waals surface area contributed by atoms with Crippen molar-refractivity contribution in [2.45, 2.75) is 77.7 Å². The fourth-order valence-electron chi connectivity index (χ4n) is 4.16. The Hall–Kier alpha value is -2.49. The Morgan fingerprint density at radius 1 is 1.32 bits per heavy atom. The standard InChI is InChI=1S/C24H32BrFN4O4/c1-14(2)20-18-9-15(25)7-8-17(18)21(32)30(28-20)12-19(31)27-16-10-24(6,26)13-29(11-16)22(33)34-23(3,4)5/h7-9,14,16H,10-13H2,1-6H3,(H,27,31). The van der Waals surface area contributed by atoms with Crippen LogP contribution in [-0.2, 0) is 16.1 Å². The monoisotopic (exact) mass is 538 g/mol. The van der Waals surface area contributed by atoms with Crippen molar-refractivity contribution < 1.29 is 18.7 Å². The first kappa shape index (κ1) is 26.1. The van der Waals surface area contributed by atoms with Crippen molar-refractivity contribution in [1.29, 1.82) is 0 Å². The van der Waals surface area contributed by atoms with Gasteiger partial charge >= 0.3 is 6.09 Å². The maximum Gasteiger partial charge on any atom is 0.410 e. The van der Waals surface area contributed by atoms with Crippen LogP contribution in [0.5, 0.6) is 0 Å². The number of amides is 2. The van der Waals surface area contributed by atoms with Crippen molar-refractivity contribution in [3.63, 3.8) is 0 Å². The molecule has 1 fully saturated rings. The van der Waals surface area contributed by atoms with Crippen molar-refractivity contribution in [3.8, 4) is 0 Å². The first-order valence-electron chi connectivity index (χ1n) is 11.3. The molecule has 2 amide bonds. The normalized spacial score (nSPS) is 21.1. The molecule has 1 aliphatic rings. The average Bonchev–Trinajstić information content (AvgIpc) is 2.67. The van der Waals surface area contributed by atoms with E-state index in [9.17, 15) is 18.8 Å². The fourth-order valence-corrected chi connectivity index (χ4v) is 4.52. The highest BCUT2D eigenvalue weighted by molar-refractivity contribution is 9.10. The molecule has 1 saturated heterocycles. The lowest BCUT2D eigenvalue weighted by molar-refractivity contribution is -0.123. The number of hydrogen-bond donors (Lipinski definition) is 1. The number of carbonyl (C=O) groups excluding carboxylic acids is 2. The lowest BCUT2D eigenvalue weighted by Crippen LogP contribution is -2.58. The number of fused-ring (bicyclic) bond motifs is 1. The quantitative estimate of drug-likeness (QED) is 0.631. The lowest BCUT2D eigenvalue weighted by atomic mass is 9.93. The van der Waals surface area contributed by atoms with Gasteiger partial charge in [-0.15, -0.1) is 0 Å². The molecule has 3 rings (SSSR count). The number of nitrogens with zero attached hydrogens (tertiary/aromatic N) is 3. The number of hydrogen-bond acceptors (Lipinski definition) is 5. The molecule has 1 aliphatic heterocycles. The number of aromatic nitrogens is 2. The number of rotatable bonds is 4. The van der Waals surface area contributed by atoms with E-state index in [2.05, 4.69) is 26.3 Å². The summed E-state index contributed by atoms with van der Waals surface area (Å²) in [5.41, 5.74) is -2.08. The molecule has 8 nitrogen and oxygen atoms in total. The van der Waals surface area contributed by atoms with Crippen LogP contribution < -0.4 is 10.9 Å². The van der Waals surface area contributed by atoms with E-state index in [1.165, 1.54) is 11.8 Å². The molecule has 0 radical (unpaired) electrons. The highest BCUT2D eigenvalue weighted by Gasteiger charge is 2.40. The zero-order valence-corrected chi connectivity index (χ0v) is 22.0. The van der Waals surface area contributed by atoms with E-state index in [0.29, 0.717) is 11.1 Å². The van der Waals surface area contributed by atoms with Crippen molar-refractivity contribution in [1.82, 2.24) is 20.0 Å². The minimum Gasteiger partial charge on any atom is -0.444 e. The van der Waals surface area contributed by atoms with Crippen LogP contribution in [0.3, 0.4) is 0 Å². The van der Waals surface area contributed by atoms with E-state index < -0.39 is 29.3 Å². The smallest absolute Gasteiger partial charge is 0.410 e. The number of halogens is 2. The molecule has 0 aliphatic carbocycles. The molecule has 2 unspecified atom stereocenters. The minimum atomic E-state index is -1.69. The second kappa shape index (κ2) is 9.64. The molecule has 34 heavy (non-hydrogen) atoms. The molecule has 0 spiro atoms. The van der Waals surface area contributed by atoms with E-state index in [1.807, 2.05) is 19.9 Å². The minimum absolute atomic E-state index is 0.0275. The van der Waals surface area contributed by atoms with Crippen LogP contribution >= 0.6 is 15.9 Å². The average molecular weight is 539 g/mol. The molecule has 1 aromatic carbocycles. The van der Waals surface area contributed by atoms with E-state index in [0.717, 1.165) is 14.5 Å². The third kappa shape index (κ3) is 6.34. The van der Waals surface area contributed by atoms with Gasteiger partial charge in [-0.1, -0.05) is 29.8 Å². The number of piperidine rings is 1. The number of benzene rings is 1. The number of ether oxygens (including phenoxy) is 1. The third-order valence-corrected chi connectivity index (χ3v) is 5.93. The van der Waals surface area contributed by atoms with Crippen LogP contribution in [0.25, 0.3) is 10.8 Å². The van der Waals surface area contributed by atoms with Gasteiger partial charge in [-0.3, -0.25) is 9.59 Å². The van der Waals surface area contributed by atoms with Crippen molar-refractivity contribution >= 4 is 38.7 Å². The van der Waals surface area contributed by atoms with Gasteiger partial charge in [0.25, 0.3) is 5.56 Å². The van der Waals surface area contributed by atoms with Crippen LogP contribution in [0.2, 0.25) is 0 Å². The van der Waals surface area contributed by atoms with Crippen LogP contribution in [0.4, 0.5) is 9.18 Å². The van der Waals surface area contributed by atoms with Gasteiger partial charge in [-0.25, -0.2) is 13.9 Å². The predicted octanol–water partition coefficient (Wildman–Crippen LogP) is 4.14. The van der Waals surface area contributed by atoms with Crippen LogP contribution in [0, 0.1) is 0 Å². The molecule has 2 aromatic rings. The molecule has 2 heterocycles. The Bertz CT molecular complexity index is 1160. The molecule has 0 bridgehead atoms. The summed E-state index contributed by atoms with van der Waals surface area (Å²) in [6.45, 7) is 10.2. The van der Waals surface area contributed by atoms with Crippen molar-refractivity contribution in [3.05, 3.63) is 38.7 Å². The number of alkyl halides is 1. The zero-order valence-electron chi connectivity index (χ0n) is 20.4. The van der Waals surface area contributed by atoms with Gasteiger partial charge in [0.05, 0.1) is 17.6 Å². The summed E-state index contributed by atoms with van der Waals surface area (Å²) in [6.07, 6.45) is -0.584. The summed E-state index contributed by atoms with van der Waals surface area (Å²) >= 11 is 3.43. The van der Waals surface area contributed by atoms with Gasteiger partial charge in [-0.2, -0.15) is 5.10 Å². The van der Waals surface area contributed by atoms with E-state index in [1.54, 1.807) is 32.9 Å². The van der Waals surface area contributed by atoms with Gasteiger partial charge in [0, 0.05) is 28.9 Å². The summed E-state index contributed by atoms with van der Waals surface area (Å²) in [5, 5.41) is 8.43. The Morgan fingerprint density at radius 3 is 2.62 bits per heavy atom. The molecule has 1 N–H and O–H groups in total. The summed E-state index contributed by atoms with van der Waals surface area (Å²) in [5.74, 6) is -0.452. The maximum absolute atomic E-state index is 15.0. The Balaban J connectivity index is 1.79. The SMILES string of the molecule is CC(C)c1nn(CC(=O)NC2CN(C(=O)OC(C)(C)C)CC(C)(F)C2)c(=O)c2ccc(Br)cc12. The third-order valence-electron chi connectivity index (χ3n) is 5.44. The van der Waals surface area contributed by atoms with Crippen LogP contribution in [0.1, 0.15) is 59.6 Å². The molecule has 0 saturated carbocycles. The molecular formula is C24H32BrFN4O4. The lowest BCUT2D eigenvalue weighted by Gasteiger charge is -2.40. The largest absolute Gasteiger partial charge is 0.444 e. The van der Waals surface area contributed by atoms with Crippen LogP contribution in [0.15, 0.2) is 27.5 Å².